The van der Waals surface area contributed by atoms with Crippen molar-refractivity contribution in [2.45, 2.75) is 32.7 Å². The molecular weight excluding hydrogens is 274 g/mol. The predicted octanol–water partition coefficient (Wildman–Crippen LogP) is 2.19. The molecule has 1 saturated heterocycles. The Kier molecular flexibility index (Phi) is 4.96. The summed E-state index contributed by atoms with van der Waals surface area (Å²) in [6.45, 7) is 7.10. The van der Waals surface area contributed by atoms with Gasteiger partial charge in [0, 0.05) is 26.2 Å². The Labute approximate surface area is 125 Å². The second kappa shape index (κ2) is 6.38. The zero-order chi connectivity index (χ0) is 15.6. The van der Waals surface area contributed by atoms with Gasteiger partial charge in [0.1, 0.15) is 12.6 Å². The minimum atomic E-state index is -3.15. The quantitative estimate of drug-likeness (QED) is 0.894. The van der Waals surface area contributed by atoms with E-state index < -0.39 is 18.6 Å². The molecule has 1 heterocycles. The number of rotatable bonds is 4. The highest BCUT2D eigenvalue weighted by atomic mass is 19.3. The average molecular weight is 298 g/mol. The third kappa shape index (κ3) is 3.42. The van der Waals surface area contributed by atoms with Crippen LogP contribution in [0.1, 0.15) is 28.3 Å². The summed E-state index contributed by atoms with van der Waals surface area (Å²) in [5.41, 5.74) is 3.45. The van der Waals surface area contributed by atoms with Crippen LogP contribution in [0.2, 0.25) is 0 Å². The highest BCUT2D eigenvalue weighted by Crippen LogP contribution is 2.39. The second-order valence-electron chi connectivity index (χ2n) is 5.92. The molecule has 3 nitrogen and oxygen atoms in total. The molecule has 21 heavy (non-hydrogen) atoms. The minimum absolute atomic E-state index is 0.563. The Hall–Kier alpha value is -1.04. The number of hydrogen-bond donors (Lipinski definition) is 2. The lowest BCUT2D eigenvalue weighted by Crippen LogP contribution is -2.51. The maximum absolute atomic E-state index is 14.4. The van der Waals surface area contributed by atoms with Gasteiger partial charge in [-0.3, -0.25) is 4.90 Å². The van der Waals surface area contributed by atoms with E-state index in [-0.39, 0.29) is 0 Å². The van der Waals surface area contributed by atoms with Crippen molar-refractivity contribution in [2.75, 3.05) is 32.8 Å². The van der Waals surface area contributed by atoms with E-state index >= 15 is 0 Å². The van der Waals surface area contributed by atoms with Gasteiger partial charge in [-0.15, -0.1) is 0 Å². The van der Waals surface area contributed by atoms with Gasteiger partial charge in [-0.1, -0.05) is 17.7 Å². The van der Waals surface area contributed by atoms with Gasteiger partial charge >= 0.3 is 0 Å². The first kappa shape index (κ1) is 16.3. The Bertz CT molecular complexity index is 476. The fourth-order valence-electron chi connectivity index (χ4n) is 3.31. The molecule has 0 radical (unpaired) electrons. The molecule has 0 amide bonds. The first-order chi connectivity index (χ1) is 9.86. The molecule has 0 aliphatic carbocycles. The molecule has 1 aromatic rings. The topological polar surface area (TPSA) is 35.5 Å². The molecule has 0 spiro atoms. The minimum Gasteiger partial charge on any atom is -0.390 e. The molecule has 1 aliphatic rings. The van der Waals surface area contributed by atoms with Crippen molar-refractivity contribution in [1.29, 1.82) is 0 Å². The Morgan fingerprint density at radius 1 is 1.19 bits per heavy atom. The summed E-state index contributed by atoms with van der Waals surface area (Å²) < 4.78 is 28.9. The number of aryl methyl sites for hydroxylation is 3. The zero-order valence-corrected chi connectivity index (χ0v) is 12.9. The summed E-state index contributed by atoms with van der Waals surface area (Å²) in [5, 5.41) is 12.4. The van der Waals surface area contributed by atoms with E-state index in [4.69, 9.17) is 0 Å². The number of nitrogens with zero attached hydrogens (tertiary/aromatic N) is 1. The smallest absolute Gasteiger partial charge is 0.289 e. The lowest BCUT2D eigenvalue weighted by molar-refractivity contribution is -0.119. The van der Waals surface area contributed by atoms with E-state index in [2.05, 4.69) is 5.32 Å². The van der Waals surface area contributed by atoms with Crippen LogP contribution in [-0.4, -0.2) is 48.7 Å². The van der Waals surface area contributed by atoms with Gasteiger partial charge in [-0.2, -0.15) is 0 Å². The molecule has 118 valence electrons. The Morgan fingerprint density at radius 2 is 1.71 bits per heavy atom. The van der Waals surface area contributed by atoms with Crippen LogP contribution in [0.15, 0.2) is 12.1 Å². The Balaban J connectivity index is 2.49. The fourth-order valence-corrected chi connectivity index (χ4v) is 3.31. The number of piperazine rings is 1. The molecule has 1 fully saturated rings. The fraction of sp³-hybridized carbons (Fsp3) is 0.625. The van der Waals surface area contributed by atoms with Crippen molar-refractivity contribution >= 4 is 0 Å². The number of hydrogen-bond acceptors (Lipinski definition) is 3. The molecule has 0 bridgehead atoms. The van der Waals surface area contributed by atoms with Crippen molar-refractivity contribution < 1.29 is 13.9 Å². The number of benzene rings is 1. The van der Waals surface area contributed by atoms with Crippen LogP contribution >= 0.6 is 0 Å². The lowest BCUT2D eigenvalue weighted by atomic mass is 9.89. The summed E-state index contributed by atoms with van der Waals surface area (Å²) in [6.07, 6.45) is 0. The Morgan fingerprint density at radius 3 is 2.19 bits per heavy atom. The second-order valence-corrected chi connectivity index (χ2v) is 5.92. The zero-order valence-electron chi connectivity index (χ0n) is 12.9. The van der Waals surface area contributed by atoms with Crippen LogP contribution in [0, 0.1) is 20.8 Å². The van der Waals surface area contributed by atoms with Gasteiger partial charge in [-0.25, -0.2) is 8.78 Å². The largest absolute Gasteiger partial charge is 0.390 e. The lowest BCUT2D eigenvalue weighted by Gasteiger charge is -2.40. The van der Waals surface area contributed by atoms with E-state index in [1.54, 1.807) is 4.90 Å². The summed E-state index contributed by atoms with van der Waals surface area (Å²) in [5.74, 6) is -3.15. The standard InChI is InChI=1S/C16H24F2N2O/c1-11-8-12(2)14(13(3)9-11)15(16(17,18)10-21)20-6-4-19-5-7-20/h8-9,15,19,21H,4-7,10H2,1-3H3/t15-/m0/s1. The number of aliphatic hydroxyl groups excluding tert-OH is 1. The maximum atomic E-state index is 14.4. The molecule has 0 aromatic heterocycles. The molecule has 2 N–H and O–H groups in total. The maximum Gasteiger partial charge on any atom is 0.289 e. The third-order valence-corrected chi connectivity index (χ3v) is 4.14. The van der Waals surface area contributed by atoms with Gasteiger partial charge in [0.05, 0.1) is 0 Å². The summed E-state index contributed by atoms with van der Waals surface area (Å²) in [7, 11) is 0. The van der Waals surface area contributed by atoms with E-state index in [0.717, 1.165) is 16.7 Å². The van der Waals surface area contributed by atoms with Gasteiger partial charge in [-0.05, 0) is 37.5 Å². The van der Waals surface area contributed by atoms with Crippen molar-refractivity contribution in [3.63, 3.8) is 0 Å². The first-order valence-electron chi connectivity index (χ1n) is 7.38. The number of nitrogens with one attached hydrogen (secondary N) is 1. The number of halogens is 2. The van der Waals surface area contributed by atoms with Crippen LogP contribution in [0.4, 0.5) is 8.78 Å². The van der Waals surface area contributed by atoms with E-state index in [0.29, 0.717) is 31.7 Å². The molecular formula is C16H24F2N2O. The predicted molar refractivity (Wildman–Crippen MR) is 79.9 cm³/mol. The van der Waals surface area contributed by atoms with Gasteiger partial charge < -0.3 is 10.4 Å². The van der Waals surface area contributed by atoms with E-state index in [1.807, 2.05) is 32.9 Å². The van der Waals surface area contributed by atoms with Crippen LogP contribution in [0.25, 0.3) is 0 Å². The highest BCUT2D eigenvalue weighted by molar-refractivity contribution is 5.41. The summed E-state index contributed by atoms with van der Waals surface area (Å²) in [4.78, 5) is 1.79. The van der Waals surface area contributed by atoms with Crippen molar-refractivity contribution in [2.24, 2.45) is 0 Å². The van der Waals surface area contributed by atoms with Crippen molar-refractivity contribution in [1.82, 2.24) is 10.2 Å². The molecule has 1 atom stereocenters. The van der Waals surface area contributed by atoms with Crippen LogP contribution in [0.3, 0.4) is 0 Å². The number of alkyl halides is 2. The molecule has 2 rings (SSSR count). The summed E-state index contributed by atoms with van der Waals surface area (Å²) in [6, 6.07) is 2.81. The molecule has 5 heteroatoms. The van der Waals surface area contributed by atoms with E-state index in [1.165, 1.54) is 0 Å². The van der Waals surface area contributed by atoms with Gasteiger partial charge in [0.25, 0.3) is 5.92 Å². The third-order valence-electron chi connectivity index (χ3n) is 4.14. The number of aliphatic hydroxyl groups is 1. The van der Waals surface area contributed by atoms with Crippen LogP contribution < -0.4 is 5.32 Å². The van der Waals surface area contributed by atoms with Gasteiger partial charge in [0.2, 0.25) is 0 Å². The molecule has 1 aromatic carbocycles. The first-order valence-corrected chi connectivity index (χ1v) is 7.38. The van der Waals surface area contributed by atoms with Crippen molar-refractivity contribution in [3.05, 3.63) is 34.4 Å². The van der Waals surface area contributed by atoms with Crippen LogP contribution in [0.5, 0.6) is 0 Å². The summed E-state index contributed by atoms with van der Waals surface area (Å²) >= 11 is 0. The van der Waals surface area contributed by atoms with E-state index in [9.17, 15) is 13.9 Å². The van der Waals surface area contributed by atoms with Crippen LogP contribution in [-0.2, 0) is 0 Å². The molecule has 1 aliphatic heterocycles. The van der Waals surface area contributed by atoms with Crippen molar-refractivity contribution in [3.8, 4) is 0 Å². The molecule has 0 saturated carbocycles. The molecule has 0 unspecified atom stereocenters. The SMILES string of the molecule is Cc1cc(C)c([C@H](N2CCNCC2)C(F)(F)CO)c(C)c1. The average Bonchev–Trinajstić information content (AvgIpc) is 2.43. The normalized spacial score (nSPS) is 18.8. The monoisotopic (exact) mass is 298 g/mol. The van der Waals surface area contributed by atoms with Gasteiger partial charge in [0.15, 0.2) is 0 Å². The highest BCUT2D eigenvalue weighted by Gasteiger charge is 2.45.